The number of halogens is 1. The van der Waals surface area contributed by atoms with Crippen molar-refractivity contribution in [2.24, 2.45) is 5.92 Å². The van der Waals surface area contributed by atoms with Gasteiger partial charge in [0, 0.05) is 4.90 Å². The fraction of sp³-hybridized carbons (Fsp3) is 0.462. The van der Waals surface area contributed by atoms with Gasteiger partial charge in [-0.1, -0.05) is 31.5 Å². The molecular formula is C13H17ClO2S. The Morgan fingerprint density at radius 2 is 2.18 bits per heavy atom. The molecule has 0 aliphatic rings. The van der Waals surface area contributed by atoms with Crippen LogP contribution in [0, 0.1) is 5.92 Å². The summed E-state index contributed by atoms with van der Waals surface area (Å²) in [7, 11) is 0. The Balaban J connectivity index is 2.66. The highest BCUT2D eigenvalue weighted by molar-refractivity contribution is 7.99. The van der Waals surface area contributed by atoms with Gasteiger partial charge in [-0.05, 0) is 35.8 Å². The molecule has 1 rings (SSSR count). The van der Waals surface area contributed by atoms with Crippen molar-refractivity contribution < 1.29 is 9.90 Å². The van der Waals surface area contributed by atoms with Gasteiger partial charge in [0.1, 0.15) is 0 Å². The molecule has 0 heterocycles. The Kier molecular flexibility index (Phi) is 5.86. The fourth-order valence-corrected chi connectivity index (χ4v) is 2.88. The molecule has 1 aromatic rings. The standard InChI is InChI=1S/C13H17ClO2S/c1-9(2)5-6-17-12-7-10(8-13(15)16)3-4-11(12)14/h3-4,7,9H,5-6,8H2,1-2H3,(H,15,16). The average molecular weight is 273 g/mol. The van der Waals surface area contributed by atoms with E-state index < -0.39 is 5.97 Å². The van der Waals surface area contributed by atoms with Crippen LogP contribution in [0.15, 0.2) is 23.1 Å². The van der Waals surface area contributed by atoms with Crippen LogP contribution < -0.4 is 0 Å². The van der Waals surface area contributed by atoms with Crippen LogP contribution in [0.1, 0.15) is 25.8 Å². The van der Waals surface area contributed by atoms with Crippen LogP contribution in [0.2, 0.25) is 5.02 Å². The van der Waals surface area contributed by atoms with Gasteiger partial charge < -0.3 is 5.11 Å². The van der Waals surface area contributed by atoms with Gasteiger partial charge in [-0.2, -0.15) is 0 Å². The molecule has 0 amide bonds. The van der Waals surface area contributed by atoms with E-state index in [4.69, 9.17) is 16.7 Å². The van der Waals surface area contributed by atoms with Crippen LogP contribution in [0.25, 0.3) is 0 Å². The Hall–Kier alpha value is -0.670. The van der Waals surface area contributed by atoms with Crippen LogP contribution in [-0.2, 0) is 11.2 Å². The molecule has 0 atom stereocenters. The molecule has 17 heavy (non-hydrogen) atoms. The van der Waals surface area contributed by atoms with Crippen molar-refractivity contribution in [2.75, 3.05) is 5.75 Å². The first kappa shape index (κ1) is 14.4. The summed E-state index contributed by atoms with van der Waals surface area (Å²) in [6, 6.07) is 5.42. The van der Waals surface area contributed by atoms with E-state index in [0.29, 0.717) is 10.9 Å². The van der Waals surface area contributed by atoms with Crippen LogP contribution in [-0.4, -0.2) is 16.8 Å². The van der Waals surface area contributed by atoms with Gasteiger partial charge >= 0.3 is 5.97 Å². The smallest absolute Gasteiger partial charge is 0.307 e. The second kappa shape index (κ2) is 6.92. The number of carboxylic acid groups (broad SMARTS) is 1. The van der Waals surface area contributed by atoms with Crippen LogP contribution in [0.3, 0.4) is 0 Å². The normalized spacial score (nSPS) is 10.8. The molecule has 0 bridgehead atoms. The van der Waals surface area contributed by atoms with Gasteiger partial charge in [-0.25, -0.2) is 0 Å². The van der Waals surface area contributed by atoms with Crippen LogP contribution in [0.5, 0.6) is 0 Å². The summed E-state index contributed by atoms with van der Waals surface area (Å²) in [6.07, 6.45) is 1.18. The number of thioether (sulfide) groups is 1. The lowest BCUT2D eigenvalue weighted by molar-refractivity contribution is -0.136. The van der Waals surface area contributed by atoms with Crippen molar-refractivity contribution in [1.29, 1.82) is 0 Å². The number of rotatable bonds is 6. The first-order valence-corrected chi connectivity index (χ1v) is 6.98. The fourth-order valence-electron chi connectivity index (χ4n) is 1.35. The van der Waals surface area contributed by atoms with Gasteiger partial charge in [0.15, 0.2) is 0 Å². The molecule has 2 nitrogen and oxygen atoms in total. The summed E-state index contributed by atoms with van der Waals surface area (Å²) in [5.74, 6) is 0.863. The molecule has 0 spiro atoms. The van der Waals surface area contributed by atoms with Gasteiger partial charge in [0.2, 0.25) is 0 Å². The predicted octanol–water partition coefficient (Wildman–Crippen LogP) is 4.11. The van der Waals surface area contributed by atoms with Gasteiger partial charge in [-0.15, -0.1) is 11.8 Å². The summed E-state index contributed by atoms with van der Waals surface area (Å²) >= 11 is 7.77. The first-order chi connectivity index (χ1) is 7.99. The molecule has 94 valence electrons. The Morgan fingerprint density at radius 1 is 1.47 bits per heavy atom. The molecule has 0 aromatic heterocycles. The highest BCUT2D eigenvalue weighted by Crippen LogP contribution is 2.29. The molecule has 0 aliphatic carbocycles. The second-order valence-electron chi connectivity index (χ2n) is 4.37. The molecule has 1 N–H and O–H groups in total. The monoisotopic (exact) mass is 272 g/mol. The van der Waals surface area contributed by atoms with Crippen molar-refractivity contribution in [3.8, 4) is 0 Å². The van der Waals surface area contributed by atoms with Crippen molar-refractivity contribution in [2.45, 2.75) is 31.6 Å². The molecule has 0 fully saturated rings. The minimum absolute atomic E-state index is 0.0505. The lowest BCUT2D eigenvalue weighted by atomic mass is 10.1. The quantitative estimate of drug-likeness (QED) is 0.792. The molecule has 0 unspecified atom stereocenters. The number of carbonyl (C=O) groups is 1. The summed E-state index contributed by atoms with van der Waals surface area (Å²) < 4.78 is 0. The third-order valence-electron chi connectivity index (χ3n) is 2.30. The second-order valence-corrected chi connectivity index (χ2v) is 5.91. The zero-order valence-electron chi connectivity index (χ0n) is 10.1. The Labute approximate surface area is 111 Å². The summed E-state index contributed by atoms with van der Waals surface area (Å²) in [5.41, 5.74) is 0.800. The minimum atomic E-state index is -0.814. The van der Waals surface area contributed by atoms with Crippen LogP contribution in [0.4, 0.5) is 0 Å². The SMILES string of the molecule is CC(C)CCSc1cc(CC(=O)O)ccc1Cl. The summed E-state index contributed by atoms with van der Waals surface area (Å²) in [5, 5.41) is 9.44. The van der Waals surface area contributed by atoms with E-state index in [9.17, 15) is 4.79 Å². The zero-order chi connectivity index (χ0) is 12.8. The number of hydrogen-bond donors (Lipinski definition) is 1. The molecule has 0 radical (unpaired) electrons. The summed E-state index contributed by atoms with van der Waals surface area (Å²) in [4.78, 5) is 11.6. The number of aliphatic carboxylic acids is 1. The maximum atomic E-state index is 10.6. The first-order valence-electron chi connectivity index (χ1n) is 5.62. The molecular weight excluding hydrogens is 256 g/mol. The number of benzene rings is 1. The molecule has 0 aliphatic heterocycles. The van der Waals surface area contributed by atoms with E-state index >= 15 is 0 Å². The topological polar surface area (TPSA) is 37.3 Å². The third-order valence-corrected chi connectivity index (χ3v) is 3.83. The Morgan fingerprint density at radius 3 is 2.76 bits per heavy atom. The molecule has 4 heteroatoms. The number of carboxylic acids is 1. The van der Waals surface area contributed by atoms with Crippen molar-refractivity contribution in [3.63, 3.8) is 0 Å². The van der Waals surface area contributed by atoms with Crippen molar-refractivity contribution >= 4 is 29.3 Å². The van der Waals surface area contributed by atoms with Gasteiger partial charge in [0.25, 0.3) is 0 Å². The molecule has 1 aromatic carbocycles. The zero-order valence-corrected chi connectivity index (χ0v) is 11.6. The van der Waals surface area contributed by atoms with Gasteiger partial charge in [0.05, 0.1) is 11.4 Å². The third kappa shape index (κ3) is 5.46. The van der Waals surface area contributed by atoms with E-state index in [1.807, 2.05) is 6.07 Å². The van der Waals surface area contributed by atoms with E-state index in [1.54, 1.807) is 23.9 Å². The van der Waals surface area contributed by atoms with E-state index in [1.165, 1.54) is 0 Å². The average Bonchev–Trinajstić information content (AvgIpc) is 2.21. The highest BCUT2D eigenvalue weighted by atomic mass is 35.5. The lowest BCUT2D eigenvalue weighted by Crippen LogP contribution is -2.00. The number of hydrogen-bond acceptors (Lipinski definition) is 2. The van der Waals surface area contributed by atoms with E-state index in [-0.39, 0.29) is 6.42 Å². The van der Waals surface area contributed by atoms with Crippen LogP contribution >= 0.6 is 23.4 Å². The van der Waals surface area contributed by atoms with Crippen molar-refractivity contribution in [3.05, 3.63) is 28.8 Å². The highest BCUT2D eigenvalue weighted by Gasteiger charge is 2.06. The minimum Gasteiger partial charge on any atom is -0.481 e. The molecule has 0 saturated carbocycles. The summed E-state index contributed by atoms with van der Waals surface area (Å²) in [6.45, 7) is 4.37. The predicted molar refractivity (Wildman–Crippen MR) is 73.0 cm³/mol. The van der Waals surface area contributed by atoms with Crippen molar-refractivity contribution in [1.82, 2.24) is 0 Å². The lowest BCUT2D eigenvalue weighted by Gasteiger charge is -2.07. The van der Waals surface area contributed by atoms with E-state index in [2.05, 4.69) is 13.8 Å². The van der Waals surface area contributed by atoms with Gasteiger partial charge in [-0.3, -0.25) is 4.79 Å². The largest absolute Gasteiger partial charge is 0.481 e. The maximum absolute atomic E-state index is 10.6. The Bertz CT molecular complexity index is 391. The maximum Gasteiger partial charge on any atom is 0.307 e. The molecule has 0 saturated heterocycles. The van der Waals surface area contributed by atoms with E-state index in [0.717, 1.165) is 22.6 Å².